The number of halogens is 1. The molecule has 76 heavy (non-hydrogen) atoms. The van der Waals surface area contributed by atoms with E-state index in [4.69, 9.17) is 10.5 Å². The minimum Gasteiger partial charge on any atom is -0.467 e. The van der Waals surface area contributed by atoms with Crippen LogP contribution in [0.4, 0.5) is 10.2 Å². The van der Waals surface area contributed by atoms with Crippen molar-refractivity contribution < 1.29 is 37.9 Å². The highest BCUT2D eigenvalue weighted by atomic mass is 19.1. The number of ether oxygens (including phenoxy) is 1. The number of nitrogens with zero attached hydrogens (tertiary/aromatic N) is 6. The van der Waals surface area contributed by atoms with Crippen molar-refractivity contribution in [2.24, 2.45) is 17.3 Å². The highest BCUT2D eigenvalue weighted by Crippen LogP contribution is 2.38. The molecule has 7 N–H and O–H groups in total. The van der Waals surface area contributed by atoms with Gasteiger partial charge in [-0.25, -0.2) is 14.4 Å². The summed E-state index contributed by atoms with van der Waals surface area (Å²) in [6.45, 7) is 11.4. The largest absolute Gasteiger partial charge is 0.467 e. The number of anilines is 1. The number of aromatic nitrogens is 4. The van der Waals surface area contributed by atoms with Gasteiger partial charge in [0.25, 0.3) is 11.8 Å². The number of carbonyl (C=O) groups is 6. The van der Waals surface area contributed by atoms with E-state index in [1.807, 2.05) is 58.0 Å². The second-order valence-electron chi connectivity index (χ2n) is 21.1. The van der Waals surface area contributed by atoms with Gasteiger partial charge in [0.15, 0.2) is 17.3 Å². The van der Waals surface area contributed by atoms with Crippen LogP contribution in [-0.2, 0) is 37.1 Å². The van der Waals surface area contributed by atoms with Crippen molar-refractivity contribution in [1.82, 2.24) is 51.2 Å². The normalized spacial score (nSPS) is 18.5. The van der Waals surface area contributed by atoms with Crippen LogP contribution in [0.1, 0.15) is 157 Å². The van der Waals surface area contributed by atoms with E-state index in [2.05, 4.69) is 47.7 Å². The molecule has 5 amide bonds. The van der Waals surface area contributed by atoms with E-state index in [1.165, 1.54) is 29.3 Å². The molecule has 4 aromatic rings. The molecule has 2 aliphatic rings. The minimum atomic E-state index is -0.851. The maximum atomic E-state index is 14.5. The van der Waals surface area contributed by atoms with Crippen LogP contribution in [0.15, 0.2) is 54.7 Å². The van der Waals surface area contributed by atoms with Crippen LogP contribution in [0, 0.1) is 34.4 Å². The molecule has 1 saturated carbocycles. The zero-order valence-corrected chi connectivity index (χ0v) is 45.1. The van der Waals surface area contributed by atoms with Gasteiger partial charge in [-0.2, -0.15) is 10.4 Å². The quantitative estimate of drug-likeness (QED) is 0.0467. The number of benzene rings is 2. The monoisotopic (exact) mass is 1050 g/mol. The molecule has 0 spiro atoms. The number of nitriles is 1. The van der Waals surface area contributed by atoms with Crippen molar-refractivity contribution >= 4 is 41.1 Å². The van der Waals surface area contributed by atoms with Gasteiger partial charge in [-0.15, -0.1) is 0 Å². The molecule has 20 heteroatoms. The summed E-state index contributed by atoms with van der Waals surface area (Å²) >= 11 is 0. The fraction of sp³-hybridized carbons (Fsp3) is 0.536. The number of nitrogen functional groups attached to an aromatic ring is 1. The van der Waals surface area contributed by atoms with Gasteiger partial charge in [-0.05, 0) is 82.2 Å². The molecule has 2 aromatic carbocycles. The first-order chi connectivity index (χ1) is 36.2. The average Bonchev–Trinajstić information content (AvgIpc) is 3.99. The maximum Gasteiger partial charge on any atom is 0.258 e. The number of carbonyl (C=O) groups excluding carboxylic acids is 6. The lowest BCUT2D eigenvalue weighted by Crippen LogP contribution is -2.55. The lowest BCUT2D eigenvalue weighted by molar-refractivity contribution is -0.137. The Kier molecular flexibility index (Phi) is 20.2. The summed E-state index contributed by atoms with van der Waals surface area (Å²) in [5.41, 5.74) is 8.03. The molecule has 1 fully saturated rings. The van der Waals surface area contributed by atoms with Crippen molar-refractivity contribution in [3.05, 3.63) is 88.6 Å². The zero-order chi connectivity index (χ0) is 55.3. The lowest BCUT2D eigenvalue weighted by atomic mass is 9.77. The van der Waals surface area contributed by atoms with Crippen LogP contribution in [0.25, 0.3) is 11.3 Å². The minimum absolute atomic E-state index is 0.00753. The summed E-state index contributed by atoms with van der Waals surface area (Å²) in [5.74, 6) is -3.53. The molecule has 0 saturated heterocycles. The van der Waals surface area contributed by atoms with E-state index in [1.54, 1.807) is 32.6 Å². The van der Waals surface area contributed by atoms with Crippen LogP contribution >= 0.6 is 0 Å². The molecule has 19 nitrogen and oxygen atoms in total. The van der Waals surface area contributed by atoms with E-state index in [-0.39, 0.29) is 90.2 Å². The summed E-state index contributed by atoms with van der Waals surface area (Å²) in [6, 6.07) is 13.6. The number of rotatable bonds is 22. The number of nitrogens with one attached hydrogen (secondary N) is 5. The van der Waals surface area contributed by atoms with Gasteiger partial charge in [0, 0.05) is 55.4 Å². The Labute approximate surface area is 445 Å². The molecular weight excluding hydrogens is 972 g/mol. The number of Topliss-reactive ketones (excluding diaryl/α,β-unsaturated/α-hetero) is 1. The summed E-state index contributed by atoms with van der Waals surface area (Å²) in [6.07, 6.45) is 7.09. The Bertz CT molecular complexity index is 2760. The zero-order valence-electron chi connectivity index (χ0n) is 45.1. The molecule has 2 aromatic heterocycles. The molecule has 0 radical (unpaired) electrons. The van der Waals surface area contributed by atoms with Crippen LogP contribution in [-0.4, -0.2) is 98.7 Å². The van der Waals surface area contributed by atoms with Crippen molar-refractivity contribution in [2.75, 3.05) is 26.4 Å². The Morgan fingerprint density at radius 2 is 1.63 bits per heavy atom. The van der Waals surface area contributed by atoms with E-state index < -0.39 is 53.2 Å². The number of amides is 5. The first-order valence-corrected chi connectivity index (χ1v) is 26.5. The Hall–Kier alpha value is -7.27. The predicted octanol–water partition coefficient (Wildman–Crippen LogP) is 6.38. The van der Waals surface area contributed by atoms with Gasteiger partial charge < -0.3 is 42.0 Å². The Morgan fingerprint density at radius 3 is 2.29 bits per heavy atom. The first-order valence-electron chi connectivity index (χ1n) is 26.5. The predicted molar refractivity (Wildman–Crippen MR) is 284 cm³/mol. The smallest absolute Gasteiger partial charge is 0.258 e. The summed E-state index contributed by atoms with van der Waals surface area (Å²) in [4.78, 5) is 92.1. The maximum absolute atomic E-state index is 14.5. The van der Waals surface area contributed by atoms with Crippen LogP contribution < -0.4 is 37.1 Å². The fourth-order valence-corrected chi connectivity index (χ4v) is 10.0. The van der Waals surface area contributed by atoms with E-state index in [9.17, 15) is 38.4 Å². The molecular formula is C56H75FN12O7. The van der Waals surface area contributed by atoms with Crippen molar-refractivity contribution in [1.29, 1.82) is 5.26 Å². The average molecular weight is 1050 g/mol. The standard InChI is InChI=1S/C56H75FN12O7/c1-9-42(35-19-15-14-16-20-35)64-53(74)41-29-37(28-40(41)49(72)50(56(4,5)6)66-52(73)33(2)60-7)63-47(71)22-18-13-11-10-12-17-21-46(70)61-25-26-69-45-32-68(8)55(75)38-24-23-36(57)27-39(38)34(3)76-54-51(59)62-31-44(65-54)48(45)43(30-58)67-69/h14-16,19-20,23-24,27,31,33-34,37,40-42,50,60H,9-13,17-18,21-22,25-26,28-29,32H2,1-8H3,(H2,59,62)(H,61,70)(H,63,71)(H,64,74)(H,66,73)/t33-,34+,37?,40?,41+,42+,50+/m0/s1. The lowest BCUT2D eigenvalue weighted by Gasteiger charge is -2.34. The number of hydrogen-bond donors (Lipinski definition) is 6. The van der Waals surface area contributed by atoms with E-state index >= 15 is 0 Å². The molecule has 6 rings (SSSR count). The molecule has 2 bridgehead atoms. The van der Waals surface area contributed by atoms with Crippen LogP contribution in [0.3, 0.4) is 0 Å². The topological polar surface area (TPSA) is 268 Å². The number of fused-ring (bicyclic) bond motifs is 5. The number of ketones is 1. The molecule has 1 aliphatic heterocycles. The first kappa shape index (κ1) is 58.0. The number of likely N-dealkylation sites (N-methyl/N-ethyl adjacent to an activating group) is 1. The van der Waals surface area contributed by atoms with Gasteiger partial charge in [-0.1, -0.05) is 83.7 Å². The molecule has 7 atom stereocenters. The summed E-state index contributed by atoms with van der Waals surface area (Å²) < 4.78 is 22.1. The molecule has 3 heterocycles. The Morgan fingerprint density at radius 1 is 0.961 bits per heavy atom. The SMILES string of the molecule is CC[C@@H](NC(=O)[C@@H]1CC(NC(=O)CCCCCCCCC(=O)NCCn2nc(C#N)c3c2CN(C)C(=O)c2ccc(F)cc2[C@@H](C)Oc2nc-3cnc2N)CC1C(=O)[C@@H](NC(=O)[C@H](C)NC)C(C)(C)C)c1ccccc1. The van der Waals surface area contributed by atoms with Gasteiger partial charge in [-0.3, -0.25) is 33.4 Å². The van der Waals surface area contributed by atoms with Gasteiger partial charge in [0.2, 0.25) is 23.6 Å². The van der Waals surface area contributed by atoms with Crippen molar-refractivity contribution in [2.45, 2.75) is 156 Å². The second kappa shape index (κ2) is 26.5. The van der Waals surface area contributed by atoms with Crippen LogP contribution in [0.2, 0.25) is 0 Å². The van der Waals surface area contributed by atoms with Gasteiger partial charge >= 0.3 is 0 Å². The van der Waals surface area contributed by atoms with Gasteiger partial charge in [0.1, 0.15) is 18.0 Å². The third kappa shape index (κ3) is 14.8. The number of hydrogen-bond acceptors (Lipinski definition) is 13. The third-order valence-corrected chi connectivity index (χ3v) is 14.4. The van der Waals surface area contributed by atoms with Crippen LogP contribution in [0.5, 0.6) is 5.88 Å². The van der Waals surface area contributed by atoms with Crippen molar-refractivity contribution in [3.63, 3.8) is 0 Å². The highest BCUT2D eigenvalue weighted by Gasteiger charge is 2.48. The van der Waals surface area contributed by atoms with Gasteiger partial charge in [0.05, 0.1) is 54.4 Å². The summed E-state index contributed by atoms with van der Waals surface area (Å²) in [5, 5.41) is 29.8. The molecule has 1 aliphatic carbocycles. The Balaban J connectivity index is 0.971. The van der Waals surface area contributed by atoms with Crippen molar-refractivity contribution in [3.8, 4) is 23.2 Å². The number of unbranched alkanes of at least 4 members (excludes halogenated alkanes) is 5. The molecule has 2 unspecified atom stereocenters. The highest BCUT2D eigenvalue weighted by molar-refractivity contribution is 5.97. The fourth-order valence-electron chi connectivity index (χ4n) is 10.0. The number of nitrogens with two attached hydrogens (primary N) is 1. The second-order valence-corrected chi connectivity index (χ2v) is 21.1. The summed E-state index contributed by atoms with van der Waals surface area (Å²) in [7, 11) is 3.26. The van der Waals surface area contributed by atoms with E-state index in [0.717, 1.165) is 31.2 Å². The van der Waals surface area contributed by atoms with E-state index in [0.29, 0.717) is 55.3 Å². The third-order valence-electron chi connectivity index (χ3n) is 14.4. The molecule has 408 valence electrons.